The van der Waals surface area contributed by atoms with Gasteiger partial charge in [0.05, 0.1) is 12.2 Å². The SMILES string of the molecule is COCC(=NOCc1ccc(C(F)(F)F)cc1)c1ccc(OCC(=O)NCC2CCOCC2)cc1. The summed E-state index contributed by atoms with van der Waals surface area (Å²) in [5.41, 5.74) is 1.05. The fourth-order valence-corrected chi connectivity index (χ4v) is 3.43. The maximum atomic E-state index is 12.7. The van der Waals surface area contributed by atoms with Crippen molar-refractivity contribution >= 4 is 11.6 Å². The van der Waals surface area contributed by atoms with Crippen LogP contribution in [-0.4, -0.2) is 51.7 Å². The van der Waals surface area contributed by atoms with E-state index in [0.29, 0.717) is 29.5 Å². The standard InChI is InChI=1S/C25H29F3N2O5/c1-32-16-23(30-35-15-19-2-6-21(7-3-19)25(26,27)28)20-4-8-22(9-5-20)34-17-24(31)29-14-18-10-12-33-13-11-18/h2-9,18H,10-17H2,1H3,(H,29,31). The monoisotopic (exact) mass is 494 g/mol. The molecule has 3 rings (SSSR count). The molecule has 7 nitrogen and oxygen atoms in total. The zero-order valence-corrected chi connectivity index (χ0v) is 19.5. The fraction of sp³-hybridized carbons (Fsp3) is 0.440. The first-order valence-corrected chi connectivity index (χ1v) is 11.3. The van der Waals surface area contributed by atoms with Gasteiger partial charge in [0.25, 0.3) is 5.91 Å². The van der Waals surface area contributed by atoms with Crippen LogP contribution in [0, 0.1) is 5.92 Å². The molecule has 1 aliphatic heterocycles. The Kier molecular flexibility index (Phi) is 9.92. The van der Waals surface area contributed by atoms with Gasteiger partial charge in [0.15, 0.2) is 6.61 Å². The lowest BCUT2D eigenvalue weighted by Crippen LogP contribution is -2.35. The number of hydrogen-bond acceptors (Lipinski definition) is 6. The molecule has 190 valence electrons. The first-order valence-electron chi connectivity index (χ1n) is 11.3. The molecule has 0 unspecified atom stereocenters. The van der Waals surface area contributed by atoms with Gasteiger partial charge in [-0.1, -0.05) is 17.3 Å². The molecule has 0 saturated carbocycles. The molecule has 0 atom stereocenters. The molecule has 1 amide bonds. The Labute approximate surface area is 202 Å². The average Bonchev–Trinajstić information content (AvgIpc) is 2.86. The van der Waals surface area contributed by atoms with Crippen molar-refractivity contribution in [2.45, 2.75) is 25.6 Å². The third-order valence-corrected chi connectivity index (χ3v) is 5.45. The normalized spacial score (nSPS) is 15.0. The number of oxime groups is 1. The Balaban J connectivity index is 1.48. The summed E-state index contributed by atoms with van der Waals surface area (Å²) < 4.78 is 54.1. The van der Waals surface area contributed by atoms with Crippen molar-refractivity contribution in [3.8, 4) is 5.75 Å². The van der Waals surface area contributed by atoms with Crippen molar-refractivity contribution in [3.63, 3.8) is 0 Å². The van der Waals surface area contributed by atoms with Crippen LogP contribution in [0.5, 0.6) is 5.75 Å². The maximum Gasteiger partial charge on any atom is 0.416 e. The molecule has 0 aromatic heterocycles. The van der Waals surface area contributed by atoms with E-state index in [1.165, 1.54) is 19.2 Å². The number of benzene rings is 2. The summed E-state index contributed by atoms with van der Waals surface area (Å²) in [6.45, 7) is 2.18. The smallest absolute Gasteiger partial charge is 0.416 e. The number of halogens is 3. The highest BCUT2D eigenvalue weighted by Gasteiger charge is 2.29. The van der Waals surface area contributed by atoms with Crippen molar-refractivity contribution in [2.75, 3.05) is 40.1 Å². The number of nitrogens with zero attached hydrogens (tertiary/aromatic N) is 1. The van der Waals surface area contributed by atoms with Gasteiger partial charge in [0.1, 0.15) is 18.1 Å². The number of rotatable bonds is 11. The van der Waals surface area contributed by atoms with Gasteiger partial charge < -0.3 is 24.4 Å². The Morgan fingerprint density at radius 2 is 1.74 bits per heavy atom. The Morgan fingerprint density at radius 1 is 1.06 bits per heavy atom. The van der Waals surface area contributed by atoms with Gasteiger partial charge in [-0.15, -0.1) is 0 Å². The summed E-state index contributed by atoms with van der Waals surface area (Å²) in [5.74, 6) is 0.781. The number of nitrogens with one attached hydrogen (secondary N) is 1. The molecule has 1 N–H and O–H groups in total. The number of amides is 1. The largest absolute Gasteiger partial charge is 0.484 e. The molecule has 1 saturated heterocycles. The number of methoxy groups -OCH3 is 1. The number of alkyl halides is 3. The molecule has 2 aromatic carbocycles. The molecule has 0 radical (unpaired) electrons. The minimum atomic E-state index is -4.38. The van der Waals surface area contributed by atoms with E-state index in [0.717, 1.165) is 43.8 Å². The molecule has 10 heteroatoms. The predicted octanol–water partition coefficient (Wildman–Crippen LogP) is 4.19. The van der Waals surface area contributed by atoms with E-state index in [1.807, 2.05) is 0 Å². The van der Waals surface area contributed by atoms with Gasteiger partial charge in [0, 0.05) is 32.4 Å². The van der Waals surface area contributed by atoms with Crippen molar-refractivity contribution in [1.82, 2.24) is 5.32 Å². The van der Waals surface area contributed by atoms with Crippen LogP contribution in [0.2, 0.25) is 0 Å². The van der Waals surface area contributed by atoms with Crippen LogP contribution in [0.3, 0.4) is 0 Å². The summed E-state index contributed by atoms with van der Waals surface area (Å²) >= 11 is 0. The average molecular weight is 495 g/mol. The highest BCUT2D eigenvalue weighted by atomic mass is 19.4. The van der Waals surface area contributed by atoms with Crippen LogP contribution in [0.15, 0.2) is 53.7 Å². The minimum absolute atomic E-state index is 0.00946. The van der Waals surface area contributed by atoms with Crippen molar-refractivity contribution in [2.24, 2.45) is 11.1 Å². The van der Waals surface area contributed by atoms with E-state index >= 15 is 0 Å². The first-order chi connectivity index (χ1) is 16.8. The first kappa shape index (κ1) is 26.5. The molecular formula is C25H29F3N2O5. The van der Waals surface area contributed by atoms with Crippen LogP contribution < -0.4 is 10.1 Å². The van der Waals surface area contributed by atoms with Crippen LogP contribution in [-0.2, 0) is 31.9 Å². The van der Waals surface area contributed by atoms with Crippen molar-refractivity contribution < 1.29 is 37.0 Å². The lowest BCUT2D eigenvalue weighted by molar-refractivity contribution is -0.137. The van der Waals surface area contributed by atoms with E-state index in [1.54, 1.807) is 24.3 Å². The second kappa shape index (κ2) is 13.1. The zero-order chi connectivity index (χ0) is 25.1. The zero-order valence-electron chi connectivity index (χ0n) is 19.5. The lowest BCUT2D eigenvalue weighted by Gasteiger charge is -2.22. The maximum absolute atomic E-state index is 12.7. The van der Waals surface area contributed by atoms with E-state index < -0.39 is 11.7 Å². The summed E-state index contributed by atoms with van der Waals surface area (Å²) in [6.07, 6.45) is -2.49. The highest BCUT2D eigenvalue weighted by Crippen LogP contribution is 2.29. The van der Waals surface area contributed by atoms with E-state index in [9.17, 15) is 18.0 Å². The van der Waals surface area contributed by atoms with Crippen molar-refractivity contribution in [3.05, 3.63) is 65.2 Å². The summed E-state index contributed by atoms with van der Waals surface area (Å²) in [6, 6.07) is 11.6. The summed E-state index contributed by atoms with van der Waals surface area (Å²) in [4.78, 5) is 17.4. The van der Waals surface area contributed by atoms with E-state index in [4.69, 9.17) is 19.0 Å². The van der Waals surface area contributed by atoms with E-state index in [-0.39, 0.29) is 25.7 Å². The van der Waals surface area contributed by atoms with Crippen LogP contribution >= 0.6 is 0 Å². The fourth-order valence-electron chi connectivity index (χ4n) is 3.43. The van der Waals surface area contributed by atoms with Gasteiger partial charge in [-0.05, 0) is 60.7 Å². The van der Waals surface area contributed by atoms with Crippen molar-refractivity contribution in [1.29, 1.82) is 0 Å². The molecule has 0 aliphatic carbocycles. The number of carbonyl (C=O) groups is 1. The highest BCUT2D eigenvalue weighted by molar-refractivity contribution is 6.01. The number of hydrogen-bond donors (Lipinski definition) is 1. The molecule has 1 aliphatic rings. The van der Waals surface area contributed by atoms with Gasteiger partial charge in [0.2, 0.25) is 0 Å². The minimum Gasteiger partial charge on any atom is -0.484 e. The molecule has 0 spiro atoms. The third kappa shape index (κ3) is 8.88. The lowest BCUT2D eigenvalue weighted by atomic mass is 10.0. The van der Waals surface area contributed by atoms with Crippen LogP contribution in [0.25, 0.3) is 0 Å². The number of carbonyl (C=O) groups excluding carboxylic acids is 1. The van der Waals surface area contributed by atoms with Gasteiger partial charge in [-0.25, -0.2) is 0 Å². The quantitative estimate of drug-likeness (QED) is 0.374. The molecule has 2 aromatic rings. The summed E-state index contributed by atoms with van der Waals surface area (Å²) in [5, 5.41) is 6.97. The third-order valence-electron chi connectivity index (χ3n) is 5.45. The Bertz CT molecular complexity index is 957. The Morgan fingerprint density at radius 3 is 2.37 bits per heavy atom. The molecule has 1 fully saturated rings. The van der Waals surface area contributed by atoms with E-state index in [2.05, 4.69) is 10.5 Å². The van der Waals surface area contributed by atoms with Gasteiger partial charge in [-0.3, -0.25) is 4.79 Å². The van der Waals surface area contributed by atoms with Crippen LogP contribution in [0.4, 0.5) is 13.2 Å². The second-order valence-corrected chi connectivity index (χ2v) is 8.11. The number of ether oxygens (including phenoxy) is 3. The topological polar surface area (TPSA) is 78.4 Å². The van der Waals surface area contributed by atoms with Gasteiger partial charge in [-0.2, -0.15) is 13.2 Å². The molecule has 1 heterocycles. The predicted molar refractivity (Wildman–Crippen MR) is 123 cm³/mol. The molecule has 0 bridgehead atoms. The second-order valence-electron chi connectivity index (χ2n) is 8.11. The van der Waals surface area contributed by atoms with Gasteiger partial charge >= 0.3 is 6.18 Å². The Hall–Kier alpha value is -3.11. The van der Waals surface area contributed by atoms with Crippen LogP contribution in [0.1, 0.15) is 29.5 Å². The summed E-state index contributed by atoms with van der Waals surface area (Å²) in [7, 11) is 1.52. The molecular weight excluding hydrogens is 465 g/mol. The molecule has 35 heavy (non-hydrogen) atoms.